The third-order valence-electron chi connectivity index (χ3n) is 3.01. The van der Waals surface area contributed by atoms with E-state index < -0.39 is 0 Å². The van der Waals surface area contributed by atoms with Crippen LogP contribution in [0.3, 0.4) is 0 Å². The van der Waals surface area contributed by atoms with Gasteiger partial charge in [0.05, 0.1) is 4.88 Å². The third kappa shape index (κ3) is 2.90. The van der Waals surface area contributed by atoms with Gasteiger partial charge in [-0.3, -0.25) is 5.10 Å². The van der Waals surface area contributed by atoms with Crippen molar-refractivity contribution in [3.05, 3.63) is 58.7 Å². The molecule has 0 saturated heterocycles. The summed E-state index contributed by atoms with van der Waals surface area (Å²) in [6, 6.07) is 12.6. The lowest BCUT2D eigenvalue weighted by atomic mass is 10.1. The lowest BCUT2D eigenvalue weighted by Crippen LogP contribution is -1.94. The van der Waals surface area contributed by atoms with E-state index >= 15 is 0 Å². The van der Waals surface area contributed by atoms with E-state index in [0.717, 1.165) is 29.4 Å². The van der Waals surface area contributed by atoms with Gasteiger partial charge in [-0.1, -0.05) is 35.9 Å². The minimum absolute atomic E-state index is 0.800. The summed E-state index contributed by atoms with van der Waals surface area (Å²) in [4.78, 5) is 5.64. The monoisotopic (exact) mass is 269 g/mol. The molecule has 0 amide bonds. The van der Waals surface area contributed by atoms with E-state index in [4.69, 9.17) is 0 Å². The van der Waals surface area contributed by atoms with Crippen LogP contribution in [0.1, 0.15) is 17.0 Å². The standard InChI is InChI=1S/C15H15N3S/c1-11-4-2-5-12(10-11)7-8-14-16-15(18-17-14)13-6-3-9-19-13/h2-6,9-10H,7-8H2,1H3,(H,16,17,18). The Morgan fingerprint density at radius 1 is 1.16 bits per heavy atom. The van der Waals surface area contributed by atoms with Gasteiger partial charge in [0, 0.05) is 6.42 Å². The summed E-state index contributed by atoms with van der Waals surface area (Å²) in [5, 5.41) is 9.33. The highest BCUT2D eigenvalue weighted by atomic mass is 32.1. The zero-order chi connectivity index (χ0) is 13.1. The molecule has 3 nitrogen and oxygen atoms in total. The van der Waals surface area contributed by atoms with Crippen LogP contribution in [0, 0.1) is 6.92 Å². The SMILES string of the molecule is Cc1cccc(CCc2nc(-c3cccs3)n[nH]2)c1. The van der Waals surface area contributed by atoms with Gasteiger partial charge in [0.25, 0.3) is 0 Å². The van der Waals surface area contributed by atoms with E-state index in [2.05, 4.69) is 46.4 Å². The summed E-state index contributed by atoms with van der Waals surface area (Å²) in [6.07, 6.45) is 1.88. The molecule has 0 fully saturated rings. The minimum Gasteiger partial charge on any atom is -0.263 e. The molecule has 19 heavy (non-hydrogen) atoms. The van der Waals surface area contributed by atoms with Gasteiger partial charge in [0.1, 0.15) is 5.82 Å². The van der Waals surface area contributed by atoms with Crippen molar-refractivity contribution in [3.63, 3.8) is 0 Å². The minimum atomic E-state index is 0.800. The lowest BCUT2D eigenvalue weighted by Gasteiger charge is -2.00. The van der Waals surface area contributed by atoms with Crippen LogP contribution in [0.2, 0.25) is 0 Å². The van der Waals surface area contributed by atoms with Gasteiger partial charge in [-0.15, -0.1) is 11.3 Å². The maximum Gasteiger partial charge on any atom is 0.191 e. The number of rotatable bonds is 4. The highest BCUT2D eigenvalue weighted by Crippen LogP contribution is 2.20. The van der Waals surface area contributed by atoms with Gasteiger partial charge in [-0.25, -0.2) is 4.98 Å². The molecular formula is C15H15N3S. The van der Waals surface area contributed by atoms with Gasteiger partial charge in [0.2, 0.25) is 0 Å². The van der Waals surface area contributed by atoms with Crippen molar-refractivity contribution in [1.29, 1.82) is 0 Å². The summed E-state index contributed by atoms with van der Waals surface area (Å²) < 4.78 is 0. The van der Waals surface area contributed by atoms with E-state index in [1.807, 2.05) is 17.5 Å². The van der Waals surface area contributed by atoms with E-state index in [0.29, 0.717) is 0 Å². The Morgan fingerprint density at radius 3 is 2.89 bits per heavy atom. The second-order valence-electron chi connectivity index (χ2n) is 4.57. The Hall–Kier alpha value is -1.94. The topological polar surface area (TPSA) is 41.6 Å². The van der Waals surface area contributed by atoms with Crippen molar-refractivity contribution in [2.45, 2.75) is 19.8 Å². The average molecular weight is 269 g/mol. The third-order valence-corrected chi connectivity index (χ3v) is 3.87. The fourth-order valence-electron chi connectivity index (χ4n) is 2.05. The van der Waals surface area contributed by atoms with E-state index in [9.17, 15) is 0 Å². The fraction of sp³-hybridized carbons (Fsp3) is 0.200. The molecule has 3 rings (SSSR count). The molecule has 0 aliphatic carbocycles. The molecule has 0 bridgehead atoms. The quantitative estimate of drug-likeness (QED) is 0.786. The van der Waals surface area contributed by atoms with Crippen LogP contribution in [0.4, 0.5) is 0 Å². The summed E-state index contributed by atoms with van der Waals surface area (Å²) >= 11 is 1.66. The number of thiophene rings is 1. The number of nitrogens with zero attached hydrogens (tertiary/aromatic N) is 2. The summed E-state index contributed by atoms with van der Waals surface area (Å²) in [5.74, 6) is 1.75. The van der Waals surface area contributed by atoms with Crippen molar-refractivity contribution >= 4 is 11.3 Å². The summed E-state index contributed by atoms with van der Waals surface area (Å²) in [5.41, 5.74) is 2.64. The first-order valence-electron chi connectivity index (χ1n) is 6.32. The molecule has 2 heterocycles. The number of aryl methyl sites for hydroxylation is 3. The van der Waals surface area contributed by atoms with Crippen molar-refractivity contribution < 1.29 is 0 Å². The second kappa shape index (κ2) is 5.36. The molecular weight excluding hydrogens is 254 g/mol. The number of hydrogen-bond acceptors (Lipinski definition) is 3. The smallest absolute Gasteiger partial charge is 0.191 e. The first-order valence-corrected chi connectivity index (χ1v) is 7.20. The maximum atomic E-state index is 4.53. The number of aromatic amines is 1. The van der Waals surface area contributed by atoms with Gasteiger partial charge in [-0.2, -0.15) is 5.10 Å². The molecule has 0 unspecified atom stereocenters. The largest absolute Gasteiger partial charge is 0.263 e. The van der Waals surface area contributed by atoms with Gasteiger partial charge in [-0.05, 0) is 30.4 Å². The van der Waals surface area contributed by atoms with Gasteiger partial charge >= 0.3 is 0 Å². The van der Waals surface area contributed by atoms with Crippen LogP contribution in [-0.4, -0.2) is 15.2 Å². The predicted molar refractivity (Wildman–Crippen MR) is 78.3 cm³/mol. The highest BCUT2D eigenvalue weighted by Gasteiger charge is 2.06. The first kappa shape index (κ1) is 12.1. The zero-order valence-corrected chi connectivity index (χ0v) is 11.6. The van der Waals surface area contributed by atoms with Crippen LogP contribution in [0.5, 0.6) is 0 Å². The molecule has 0 saturated carbocycles. The predicted octanol–water partition coefficient (Wildman–Crippen LogP) is 3.63. The van der Waals surface area contributed by atoms with E-state index in [1.165, 1.54) is 11.1 Å². The van der Waals surface area contributed by atoms with Crippen molar-refractivity contribution in [2.24, 2.45) is 0 Å². The summed E-state index contributed by atoms with van der Waals surface area (Å²) in [6.45, 7) is 2.12. The maximum absolute atomic E-state index is 4.53. The Labute approximate surface area is 116 Å². The molecule has 3 aromatic rings. The van der Waals surface area contributed by atoms with Gasteiger partial charge < -0.3 is 0 Å². The Kier molecular flexibility index (Phi) is 3.42. The van der Waals surface area contributed by atoms with E-state index in [-0.39, 0.29) is 0 Å². The second-order valence-corrected chi connectivity index (χ2v) is 5.52. The Balaban J connectivity index is 1.68. The first-order chi connectivity index (χ1) is 9.31. The van der Waals surface area contributed by atoms with Crippen LogP contribution >= 0.6 is 11.3 Å². The Morgan fingerprint density at radius 2 is 2.11 bits per heavy atom. The molecule has 2 aromatic heterocycles. The van der Waals surface area contributed by atoms with Crippen molar-refractivity contribution in [1.82, 2.24) is 15.2 Å². The van der Waals surface area contributed by atoms with Crippen molar-refractivity contribution in [2.75, 3.05) is 0 Å². The van der Waals surface area contributed by atoms with Gasteiger partial charge in [0.15, 0.2) is 5.82 Å². The highest BCUT2D eigenvalue weighted by molar-refractivity contribution is 7.13. The van der Waals surface area contributed by atoms with Crippen LogP contribution in [-0.2, 0) is 12.8 Å². The van der Waals surface area contributed by atoms with Crippen molar-refractivity contribution in [3.8, 4) is 10.7 Å². The molecule has 0 atom stereocenters. The number of benzene rings is 1. The molecule has 0 aliphatic rings. The molecule has 0 aliphatic heterocycles. The van der Waals surface area contributed by atoms with Crippen LogP contribution < -0.4 is 0 Å². The average Bonchev–Trinajstić information content (AvgIpc) is 3.07. The zero-order valence-electron chi connectivity index (χ0n) is 10.8. The number of nitrogens with one attached hydrogen (secondary N) is 1. The molecule has 4 heteroatoms. The number of hydrogen-bond donors (Lipinski definition) is 1. The summed E-state index contributed by atoms with van der Waals surface area (Å²) in [7, 11) is 0. The fourth-order valence-corrected chi connectivity index (χ4v) is 2.71. The molecule has 96 valence electrons. The lowest BCUT2D eigenvalue weighted by molar-refractivity contribution is 0.864. The van der Waals surface area contributed by atoms with Crippen LogP contribution in [0.25, 0.3) is 10.7 Å². The number of aromatic nitrogens is 3. The number of H-pyrrole nitrogens is 1. The molecule has 0 radical (unpaired) electrons. The molecule has 1 aromatic carbocycles. The normalized spacial score (nSPS) is 10.8. The molecule has 0 spiro atoms. The van der Waals surface area contributed by atoms with Crippen LogP contribution in [0.15, 0.2) is 41.8 Å². The Bertz CT molecular complexity index is 656. The van der Waals surface area contributed by atoms with E-state index in [1.54, 1.807) is 11.3 Å². The molecule has 1 N–H and O–H groups in total.